The molecule has 0 radical (unpaired) electrons. The van der Waals surface area contributed by atoms with Crippen LogP contribution in [0.25, 0.3) is 0 Å². The second-order valence-corrected chi connectivity index (χ2v) is 6.75. The van der Waals surface area contributed by atoms with Crippen LogP contribution in [-0.4, -0.2) is 39.0 Å². The molecule has 0 aromatic carbocycles. The van der Waals surface area contributed by atoms with Gasteiger partial charge in [-0.3, -0.25) is 0 Å². The lowest BCUT2D eigenvalue weighted by atomic mass is 9.99. The van der Waals surface area contributed by atoms with Crippen molar-refractivity contribution >= 4 is 0 Å². The minimum atomic E-state index is 0.269. The van der Waals surface area contributed by atoms with Gasteiger partial charge in [-0.05, 0) is 37.6 Å². The van der Waals surface area contributed by atoms with E-state index < -0.39 is 0 Å². The van der Waals surface area contributed by atoms with Gasteiger partial charge in [0.25, 0.3) is 0 Å². The maximum Gasteiger partial charge on any atom is 0.0514 e. The Kier molecular flexibility index (Phi) is 11.6. The molecule has 0 aromatic heterocycles. The third-order valence-corrected chi connectivity index (χ3v) is 2.63. The minimum absolute atomic E-state index is 0.269. The molecule has 0 aliphatic heterocycles. The zero-order valence-corrected chi connectivity index (χ0v) is 13.8. The first-order valence-corrected chi connectivity index (χ1v) is 7.81. The number of rotatable bonds is 12. The van der Waals surface area contributed by atoms with Crippen molar-refractivity contribution in [2.45, 2.75) is 66.3 Å². The lowest BCUT2D eigenvalue weighted by Crippen LogP contribution is -2.23. The van der Waals surface area contributed by atoms with Crippen molar-refractivity contribution in [2.24, 2.45) is 5.41 Å². The van der Waals surface area contributed by atoms with Crippen molar-refractivity contribution in [1.29, 1.82) is 0 Å². The average Bonchev–Trinajstić information content (AvgIpc) is 2.28. The summed E-state index contributed by atoms with van der Waals surface area (Å²) in [6.07, 6.45) is 4.67. The van der Waals surface area contributed by atoms with Crippen LogP contribution in [0.4, 0.5) is 0 Å². The molecule has 0 saturated heterocycles. The second kappa shape index (κ2) is 11.7. The minimum Gasteiger partial charge on any atom is -0.381 e. The Morgan fingerprint density at radius 2 is 1.47 bits per heavy atom. The fourth-order valence-corrected chi connectivity index (χ4v) is 1.64. The van der Waals surface area contributed by atoms with Crippen LogP contribution in [0.2, 0.25) is 0 Å². The molecule has 0 saturated carbocycles. The Morgan fingerprint density at radius 1 is 0.842 bits per heavy atom. The summed E-state index contributed by atoms with van der Waals surface area (Å²) in [5.74, 6) is 0. The lowest BCUT2D eigenvalue weighted by molar-refractivity contribution is 0.0477. The standard InChI is InChI=1S/C16H35NO2/c1-15(2)17-10-7-6-8-11-18-12-9-13-19-14-16(3,4)5/h15,17H,6-14H2,1-5H3. The summed E-state index contributed by atoms with van der Waals surface area (Å²) in [6.45, 7) is 15.4. The van der Waals surface area contributed by atoms with Crippen LogP contribution in [0.5, 0.6) is 0 Å². The fourth-order valence-electron chi connectivity index (χ4n) is 1.64. The van der Waals surface area contributed by atoms with Crippen LogP contribution < -0.4 is 5.32 Å². The number of unbranched alkanes of at least 4 members (excludes halogenated alkanes) is 2. The summed E-state index contributed by atoms with van der Waals surface area (Å²) < 4.78 is 11.2. The summed E-state index contributed by atoms with van der Waals surface area (Å²) >= 11 is 0. The highest BCUT2D eigenvalue weighted by molar-refractivity contribution is 4.58. The smallest absolute Gasteiger partial charge is 0.0514 e. The maximum absolute atomic E-state index is 5.59. The zero-order chi connectivity index (χ0) is 14.6. The van der Waals surface area contributed by atoms with E-state index in [1.165, 1.54) is 19.3 Å². The number of ether oxygens (including phenoxy) is 2. The van der Waals surface area contributed by atoms with Gasteiger partial charge >= 0.3 is 0 Å². The molecule has 1 N–H and O–H groups in total. The van der Waals surface area contributed by atoms with Gasteiger partial charge in [-0.15, -0.1) is 0 Å². The topological polar surface area (TPSA) is 30.5 Å². The van der Waals surface area contributed by atoms with Gasteiger partial charge in [-0.2, -0.15) is 0 Å². The van der Waals surface area contributed by atoms with Crippen LogP contribution in [0, 0.1) is 5.41 Å². The molecule has 0 unspecified atom stereocenters. The van der Waals surface area contributed by atoms with E-state index in [0.29, 0.717) is 6.04 Å². The molecular weight excluding hydrogens is 238 g/mol. The second-order valence-electron chi connectivity index (χ2n) is 6.75. The molecule has 0 spiro atoms. The highest BCUT2D eigenvalue weighted by Gasteiger charge is 2.09. The molecule has 116 valence electrons. The van der Waals surface area contributed by atoms with Crippen LogP contribution in [0.3, 0.4) is 0 Å². The summed E-state index contributed by atoms with van der Waals surface area (Å²) in [4.78, 5) is 0. The zero-order valence-electron chi connectivity index (χ0n) is 13.8. The Hall–Kier alpha value is -0.120. The molecule has 0 amide bonds. The summed E-state index contributed by atoms with van der Waals surface area (Å²) in [7, 11) is 0. The maximum atomic E-state index is 5.59. The molecule has 0 bridgehead atoms. The van der Waals surface area contributed by atoms with E-state index in [0.717, 1.165) is 39.4 Å². The predicted molar refractivity (Wildman–Crippen MR) is 82.7 cm³/mol. The molecular formula is C16H35NO2. The van der Waals surface area contributed by atoms with E-state index in [-0.39, 0.29) is 5.41 Å². The third-order valence-electron chi connectivity index (χ3n) is 2.63. The number of hydrogen-bond acceptors (Lipinski definition) is 3. The predicted octanol–water partition coefficient (Wildman–Crippen LogP) is 3.62. The van der Waals surface area contributed by atoms with Crippen molar-refractivity contribution in [3.63, 3.8) is 0 Å². The molecule has 0 rings (SSSR count). The first kappa shape index (κ1) is 18.9. The Bertz CT molecular complexity index is 188. The molecule has 3 nitrogen and oxygen atoms in total. The van der Waals surface area contributed by atoms with Crippen LogP contribution in [-0.2, 0) is 9.47 Å². The van der Waals surface area contributed by atoms with Crippen molar-refractivity contribution in [3.05, 3.63) is 0 Å². The first-order chi connectivity index (χ1) is 8.92. The highest BCUT2D eigenvalue weighted by Crippen LogP contribution is 2.12. The van der Waals surface area contributed by atoms with E-state index in [4.69, 9.17) is 9.47 Å². The monoisotopic (exact) mass is 273 g/mol. The molecule has 19 heavy (non-hydrogen) atoms. The van der Waals surface area contributed by atoms with E-state index in [9.17, 15) is 0 Å². The quantitative estimate of drug-likeness (QED) is 0.551. The van der Waals surface area contributed by atoms with Gasteiger partial charge in [0.15, 0.2) is 0 Å². The van der Waals surface area contributed by atoms with Gasteiger partial charge in [-0.1, -0.05) is 34.6 Å². The molecule has 0 aliphatic rings. The number of nitrogens with one attached hydrogen (secondary N) is 1. The summed E-state index contributed by atoms with van der Waals surface area (Å²) in [5.41, 5.74) is 0.269. The third kappa shape index (κ3) is 17.9. The van der Waals surface area contributed by atoms with Gasteiger partial charge in [0.2, 0.25) is 0 Å². The van der Waals surface area contributed by atoms with E-state index in [2.05, 4.69) is 39.9 Å². The normalized spacial score (nSPS) is 12.3. The largest absolute Gasteiger partial charge is 0.381 e. The summed E-state index contributed by atoms with van der Waals surface area (Å²) in [5, 5.41) is 3.43. The SMILES string of the molecule is CC(C)NCCCCCOCCCOCC(C)(C)C. The molecule has 0 fully saturated rings. The molecule has 0 heterocycles. The molecule has 0 aliphatic carbocycles. The van der Waals surface area contributed by atoms with Crippen LogP contribution in [0.15, 0.2) is 0 Å². The fraction of sp³-hybridized carbons (Fsp3) is 1.00. The van der Waals surface area contributed by atoms with Crippen molar-refractivity contribution in [1.82, 2.24) is 5.32 Å². The van der Waals surface area contributed by atoms with Gasteiger partial charge in [0.1, 0.15) is 0 Å². The highest BCUT2D eigenvalue weighted by atomic mass is 16.5. The Labute approximate surface area is 120 Å². The van der Waals surface area contributed by atoms with Crippen molar-refractivity contribution in [2.75, 3.05) is 33.0 Å². The van der Waals surface area contributed by atoms with E-state index >= 15 is 0 Å². The first-order valence-electron chi connectivity index (χ1n) is 7.81. The molecule has 0 atom stereocenters. The van der Waals surface area contributed by atoms with Crippen LogP contribution in [0.1, 0.15) is 60.3 Å². The lowest BCUT2D eigenvalue weighted by Gasteiger charge is -2.17. The van der Waals surface area contributed by atoms with Crippen molar-refractivity contribution < 1.29 is 9.47 Å². The number of hydrogen-bond donors (Lipinski definition) is 1. The Balaban J connectivity index is 3.03. The molecule has 3 heteroatoms. The Morgan fingerprint density at radius 3 is 2.11 bits per heavy atom. The van der Waals surface area contributed by atoms with E-state index in [1.54, 1.807) is 0 Å². The average molecular weight is 273 g/mol. The van der Waals surface area contributed by atoms with Gasteiger partial charge < -0.3 is 14.8 Å². The summed E-state index contributed by atoms with van der Waals surface area (Å²) in [6, 6.07) is 0.601. The molecule has 0 aromatic rings. The van der Waals surface area contributed by atoms with Crippen molar-refractivity contribution in [3.8, 4) is 0 Å². The van der Waals surface area contributed by atoms with E-state index in [1.807, 2.05) is 0 Å². The van der Waals surface area contributed by atoms with Gasteiger partial charge in [0, 0.05) is 25.9 Å². The van der Waals surface area contributed by atoms with Crippen LogP contribution >= 0.6 is 0 Å². The van der Waals surface area contributed by atoms with Gasteiger partial charge in [0.05, 0.1) is 6.61 Å². The van der Waals surface area contributed by atoms with Gasteiger partial charge in [-0.25, -0.2) is 0 Å².